The number of ether oxygens (including phenoxy) is 5. The molecule has 9 saturated carbocycles. The van der Waals surface area contributed by atoms with Crippen LogP contribution in [0.1, 0.15) is 345 Å². The normalized spacial score (nSPS) is 26.1. The maximum atomic E-state index is 12.5. The highest BCUT2D eigenvalue weighted by Gasteiger charge is 2.61. The number of nitrogens with zero attached hydrogens (tertiary/aromatic N) is 8. The van der Waals surface area contributed by atoms with Crippen molar-refractivity contribution >= 4 is 41.4 Å². The Hall–Kier alpha value is -5.20. The number of rotatable bonds is 35. The van der Waals surface area contributed by atoms with Crippen molar-refractivity contribution in [3.8, 4) is 6.07 Å². The highest BCUT2D eigenvalue weighted by molar-refractivity contribution is 5.84. The molecule has 1 spiro atoms. The third-order valence-electron chi connectivity index (χ3n) is 26.6. The van der Waals surface area contributed by atoms with Gasteiger partial charge in [0, 0.05) is 151 Å². The fraction of sp³-hybridized carbons (Fsp3) is 0.854. The van der Waals surface area contributed by atoms with Crippen LogP contribution in [-0.4, -0.2) is 227 Å². The van der Waals surface area contributed by atoms with Crippen LogP contribution < -0.4 is 0 Å². The number of carbonyl (C=O) groups is 7. The summed E-state index contributed by atoms with van der Waals surface area (Å²) in [6.07, 6.45) is 44.0. The van der Waals surface area contributed by atoms with Crippen LogP contribution in [-0.2, 0) is 63.7 Å². The van der Waals surface area contributed by atoms with Crippen molar-refractivity contribution in [2.45, 2.75) is 419 Å². The average Bonchev–Trinajstić information content (AvgIpc) is 1.58. The molecule has 8 unspecified atom stereocenters. The molecule has 0 radical (unpaired) electrons. The number of carbonyl (C=O) groups excluding carboxylic acids is 7. The lowest BCUT2D eigenvalue weighted by Crippen LogP contribution is -2.45. The van der Waals surface area contributed by atoms with E-state index in [9.17, 15) is 33.6 Å². The van der Waals surface area contributed by atoms with Gasteiger partial charge in [-0.05, 0) is 275 Å². The lowest BCUT2D eigenvalue weighted by molar-refractivity contribution is -0.136. The minimum Gasteiger partial charge on any atom is -0.381 e. The van der Waals surface area contributed by atoms with Gasteiger partial charge in [0.1, 0.15) is 0 Å². The minimum absolute atomic E-state index is 0.212. The molecular formula is C96H160N8O12. The van der Waals surface area contributed by atoms with Gasteiger partial charge < -0.3 is 58.0 Å². The highest BCUT2D eigenvalue weighted by Crippen LogP contribution is 2.61. The van der Waals surface area contributed by atoms with Gasteiger partial charge in [0.15, 0.2) is 0 Å². The van der Waals surface area contributed by atoms with Crippen LogP contribution in [0.4, 0.5) is 0 Å². The first kappa shape index (κ1) is 94.6. The van der Waals surface area contributed by atoms with Crippen molar-refractivity contribution < 1.29 is 57.2 Å². The smallest absolute Gasteiger partial charge is 0.227 e. The van der Waals surface area contributed by atoms with Crippen LogP contribution in [0.2, 0.25) is 0 Å². The Morgan fingerprint density at radius 2 is 1.00 bits per heavy atom. The van der Waals surface area contributed by atoms with E-state index in [-0.39, 0.29) is 17.4 Å². The van der Waals surface area contributed by atoms with Crippen molar-refractivity contribution in [2.24, 2.45) is 34.5 Å². The zero-order chi connectivity index (χ0) is 83.5. The van der Waals surface area contributed by atoms with E-state index in [2.05, 4.69) is 105 Å². The Labute approximate surface area is 702 Å². The Kier molecular flexibility index (Phi) is 38.6. The lowest BCUT2D eigenvalue weighted by atomic mass is 9.86. The van der Waals surface area contributed by atoms with E-state index in [1.165, 1.54) is 116 Å². The summed E-state index contributed by atoms with van der Waals surface area (Å²) in [5.74, 6) is 4.52. The van der Waals surface area contributed by atoms with E-state index in [4.69, 9.17) is 28.9 Å². The predicted octanol–water partition coefficient (Wildman–Crippen LogP) is 17.4. The van der Waals surface area contributed by atoms with Gasteiger partial charge in [0.2, 0.25) is 41.4 Å². The highest BCUT2D eigenvalue weighted by atomic mass is 16.5. The topological polar surface area (TPSA) is 212 Å². The molecule has 15 rings (SSSR count). The molecule has 116 heavy (non-hydrogen) atoms. The van der Waals surface area contributed by atoms with E-state index < -0.39 is 0 Å². The molecule has 8 atom stereocenters. The Morgan fingerprint density at radius 1 is 0.517 bits per heavy atom. The molecule has 20 nitrogen and oxygen atoms in total. The summed E-state index contributed by atoms with van der Waals surface area (Å²) in [7, 11) is 0. The number of hydrogen-bond acceptors (Lipinski definition) is 13. The number of benzene rings is 1. The fourth-order valence-corrected chi connectivity index (χ4v) is 19.4. The molecule has 1 aromatic rings. The van der Waals surface area contributed by atoms with E-state index in [1.807, 2.05) is 37.8 Å². The molecule has 7 amide bonds. The van der Waals surface area contributed by atoms with Crippen molar-refractivity contribution in [3.05, 3.63) is 35.4 Å². The number of nitriles is 1. The Morgan fingerprint density at radius 3 is 1.43 bits per heavy atom. The van der Waals surface area contributed by atoms with Gasteiger partial charge in [-0.25, -0.2) is 0 Å². The molecule has 14 fully saturated rings. The molecule has 5 aliphatic heterocycles. The monoisotopic (exact) mass is 1620 g/mol. The quantitative estimate of drug-likeness (QED) is 0.0579. The van der Waals surface area contributed by atoms with Gasteiger partial charge in [0.05, 0.1) is 61.8 Å². The molecule has 0 N–H and O–H groups in total. The van der Waals surface area contributed by atoms with E-state index in [0.717, 1.165) is 187 Å². The summed E-state index contributed by atoms with van der Waals surface area (Å²) in [5.41, 5.74) is 2.23. The molecule has 14 aliphatic rings. The fourth-order valence-electron chi connectivity index (χ4n) is 19.4. The average molecular weight is 1620 g/mol. The molecule has 0 aromatic heterocycles. The molecule has 20 heteroatoms. The van der Waals surface area contributed by atoms with Gasteiger partial charge in [-0.1, -0.05) is 79.9 Å². The lowest BCUT2D eigenvalue weighted by Gasteiger charge is -2.37. The largest absolute Gasteiger partial charge is 0.381 e. The van der Waals surface area contributed by atoms with Crippen LogP contribution in [0.25, 0.3) is 0 Å². The number of hydrogen-bond donors (Lipinski definition) is 0. The molecule has 2 bridgehead atoms. The van der Waals surface area contributed by atoms with Gasteiger partial charge in [0.25, 0.3) is 0 Å². The SMILES string of the molecule is CCC(=O)N(C(C)C)C1CCCCC1.CCCN(C(=O)C1CC12CCOCC2)C1CC1.CCCN(C(=O)CC12COCC1C2)C1CC1.CCCN(C(=O)CC1CC(C)OC(C)C1)C1CC1.CCCN(C(=O)CC1CC2CCC1O2)C1CC1.CCCN(C(=O)CCCOC(C)C)C1CC1.CCCN(C(=O)Cc1ccc(C#N)cc1)C1CC1. The summed E-state index contributed by atoms with van der Waals surface area (Å²) >= 11 is 0. The van der Waals surface area contributed by atoms with E-state index >= 15 is 0 Å². The van der Waals surface area contributed by atoms with Crippen LogP contribution in [0, 0.1) is 45.8 Å². The predicted molar refractivity (Wildman–Crippen MR) is 459 cm³/mol. The standard InChI is InChI=1S/C15H18N2O.C15H27NO2.2C14H23NO2.C13H21NO2.C13H25NO2.C12H23NO/c1-2-9-17(14-7-8-14)15(18)10-12-3-5-13(11-16)6-4-12;1-4-7-16(14-5-6-14)15(17)10-13-8-11(2)18-12(3)9-13;1-2-7-15(11-3-4-11)13(16)12-10-14(12)5-8-17-9-6-14;1-2-7-15(11-3-4-11)14(16)9-10-8-12-5-6-13(10)17-12;1-2-5-14(11-3-4-11)12(15)7-13-6-10(13)8-16-9-13;1-4-9-14(12-7-8-12)13(15)6-5-10-16-11(2)3;1-4-12(14)13(10(2)3)11-8-6-5-7-9-11/h3-6,14H,2,7-10H2,1H3;11-14H,4-10H2,1-3H3;11-12H,2-10H2,1H3;10-13H,2-9H2,1H3;10-11H,2-9H2,1H3;11-12H,4-10H2,1-3H3;10-11H,4-9H2,1-3H3. The minimum atomic E-state index is 0.212. The van der Waals surface area contributed by atoms with Crippen LogP contribution >= 0.6 is 0 Å². The second kappa shape index (κ2) is 47.3. The summed E-state index contributed by atoms with van der Waals surface area (Å²) in [6, 6.07) is 13.6. The third-order valence-corrected chi connectivity index (χ3v) is 26.6. The second-order valence-corrected chi connectivity index (χ2v) is 38.0. The van der Waals surface area contributed by atoms with E-state index in [0.29, 0.717) is 169 Å². The molecule has 9 aliphatic carbocycles. The molecular weight excluding hydrogens is 1460 g/mol. The molecule has 5 saturated heterocycles. The number of amides is 7. The summed E-state index contributed by atoms with van der Waals surface area (Å²) in [4.78, 5) is 100. The van der Waals surface area contributed by atoms with E-state index in [1.54, 1.807) is 12.1 Å². The van der Waals surface area contributed by atoms with Crippen LogP contribution in [0.15, 0.2) is 24.3 Å². The van der Waals surface area contributed by atoms with Crippen molar-refractivity contribution in [1.29, 1.82) is 5.26 Å². The maximum absolute atomic E-state index is 12.5. The Bertz CT molecular complexity index is 3190. The van der Waals surface area contributed by atoms with Crippen molar-refractivity contribution in [2.75, 3.05) is 72.3 Å². The van der Waals surface area contributed by atoms with Crippen LogP contribution in [0.3, 0.4) is 0 Å². The Balaban J connectivity index is 0.000000155. The summed E-state index contributed by atoms with van der Waals surface area (Å²) < 4.78 is 27.9. The molecule has 656 valence electrons. The third kappa shape index (κ3) is 30.1. The van der Waals surface area contributed by atoms with Gasteiger partial charge in [-0.3, -0.25) is 33.6 Å². The maximum Gasteiger partial charge on any atom is 0.227 e. The van der Waals surface area contributed by atoms with Gasteiger partial charge in [-0.2, -0.15) is 5.26 Å². The first-order valence-corrected chi connectivity index (χ1v) is 47.6. The second-order valence-electron chi connectivity index (χ2n) is 38.0. The summed E-state index contributed by atoms with van der Waals surface area (Å²) in [5, 5.41) is 8.72. The number of fused-ring (bicyclic) bond motifs is 3. The first-order valence-electron chi connectivity index (χ1n) is 47.6. The zero-order valence-electron chi connectivity index (χ0n) is 75.0. The molecule has 1 aromatic carbocycles. The summed E-state index contributed by atoms with van der Waals surface area (Å²) in [6.45, 7) is 37.1. The first-order chi connectivity index (χ1) is 55.9. The zero-order valence-corrected chi connectivity index (χ0v) is 75.0. The van der Waals surface area contributed by atoms with Crippen molar-refractivity contribution in [3.63, 3.8) is 0 Å². The van der Waals surface area contributed by atoms with Crippen LogP contribution in [0.5, 0.6) is 0 Å². The van der Waals surface area contributed by atoms with Gasteiger partial charge >= 0.3 is 0 Å². The van der Waals surface area contributed by atoms with Gasteiger partial charge in [-0.15, -0.1) is 0 Å². The van der Waals surface area contributed by atoms with Crippen molar-refractivity contribution in [1.82, 2.24) is 34.3 Å². The molecule has 5 heterocycles.